The second-order valence-corrected chi connectivity index (χ2v) is 6.46. The second kappa shape index (κ2) is 5.70. The molecule has 5 heteroatoms. The van der Waals surface area contributed by atoms with E-state index in [2.05, 4.69) is 11.1 Å². The summed E-state index contributed by atoms with van der Waals surface area (Å²) in [6, 6.07) is 13.5. The van der Waals surface area contributed by atoms with Gasteiger partial charge in [-0.1, -0.05) is 41.4 Å². The third-order valence-corrected chi connectivity index (χ3v) is 4.97. The molecule has 0 saturated carbocycles. The van der Waals surface area contributed by atoms with Crippen molar-refractivity contribution >= 4 is 44.8 Å². The zero-order chi connectivity index (χ0) is 14.1. The number of thiazole rings is 1. The number of nitrogens with zero attached hydrogens (tertiary/aromatic N) is 1. The number of aromatic nitrogens is 1. The molecule has 3 aromatic rings. The lowest BCUT2D eigenvalue weighted by Crippen LogP contribution is -2.12. The molecule has 1 unspecified atom stereocenters. The first kappa shape index (κ1) is 13.8. The largest absolute Gasteiger partial charge is 0.322 e. The Bertz CT molecular complexity index is 721. The van der Waals surface area contributed by atoms with Crippen LogP contribution >= 0.6 is 34.5 Å². The molecular weight excluding hydrogens is 311 g/mol. The Morgan fingerprint density at radius 2 is 1.90 bits per heavy atom. The van der Waals surface area contributed by atoms with Crippen LogP contribution in [0.5, 0.6) is 0 Å². The summed E-state index contributed by atoms with van der Waals surface area (Å²) in [5.41, 5.74) is 8.31. The topological polar surface area (TPSA) is 38.9 Å². The number of hydrogen-bond acceptors (Lipinski definition) is 3. The molecule has 3 rings (SSSR count). The number of fused-ring (bicyclic) bond motifs is 1. The zero-order valence-electron chi connectivity index (χ0n) is 10.5. The molecule has 2 aromatic carbocycles. The fraction of sp³-hybridized carbons (Fsp3) is 0.133. The van der Waals surface area contributed by atoms with Crippen molar-refractivity contribution in [2.75, 3.05) is 0 Å². The highest BCUT2D eigenvalue weighted by Crippen LogP contribution is 2.28. The average molecular weight is 323 g/mol. The van der Waals surface area contributed by atoms with Crippen molar-refractivity contribution in [2.24, 2.45) is 5.73 Å². The van der Waals surface area contributed by atoms with Crippen LogP contribution in [0.2, 0.25) is 10.0 Å². The van der Waals surface area contributed by atoms with E-state index < -0.39 is 0 Å². The van der Waals surface area contributed by atoms with Gasteiger partial charge in [-0.15, -0.1) is 11.3 Å². The van der Waals surface area contributed by atoms with Crippen LogP contribution < -0.4 is 5.73 Å². The van der Waals surface area contributed by atoms with Crippen molar-refractivity contribution in [2.45, 2.75) is 12.5 Å². The molecular formula is C15H12Cl2N2S. The highest BCUT2D eigenvalue weighted by Gasteiger charge is 2.13. The van der Waals surface area contributed by atoms with Crippen LogP contribution in [-0.2, 0) is 6.42 Å². The van der Waals surface area contributed by atoms with Gasteiger partial charge in [0.25, 0.3) is 0 Å². The first-order valence-electron chi connectivity index (χ1n) is 6.18. The zero-order valence-corrected chi connectivity index (χ0v) is 12.8. The third kappa shape index (κ3) is 2.81. The molecule has 2 N–H and O–H groups in total. The second-order valence-electron chi connectivity index (χ2n) is 4.58. The minimum Gasteiger partial charge on any atom is -0.322 e. The number of nitrogens with two attached hydrogens (primary N) is 1. The van der Waals surface area contributed by atoms with Gasteiger partial charge in [0.15, 0.2) is 0 Å². The molecule has 0 fully saturated rings. The molecule has 0 spiro atoms. The maximum atomic E-state index is 6.25. The third-order valence-electron chi connectivity index (χ3n) is 3.07. The molecule has 1 atom stereocenters. The summed E-state index contributed by atoms with van der Waals surface area (Å²) in [5, 5.41) is 2.06. The molecule has 0 amide bonds. The highest BCUT2D eigenvalue weighted by molar-refractivity contribution is 7.18. The van der Waals surface area contributed by atoms with Gasteiger partial charge in [0.1, 0.15) is 5.01 Å². The molecule has 0 aliphatic carbocycles. The Morgan fingerprint density at radius 3 is 2.65 bits per heavy atom. The van der Waals surface area contributed by atoms with E-state index in [1.807, 2.05) is 30.3 Å². The van der Waals surface area contributed by atoms with Crippen molar-refractivity contribution in [3.05, 3.63) is 63.1 Å². The minimum atomic E-state index is -0.135. The molecule has 1 heterocycles. The van der Waals surface area contributed by atoms with E-state index in [-0.39, 0.29) is 6.04 Å². The summed E-state index contributed by atoms with van der Waals surface area (Å²) in [5.74, 6) is 0. The normalized spacial score (nSPS) is 12.8. The van der Waals surface area contributed by atoms with Crippen LogP contribution in [0.4, 0.5) is 0 Å². The summed E-state index contributed by atoms with van der Waals surface area (Å²) in [7, 11) is 0. The maximum absolute atomic E-state index is 6.25. The molecule has 2 nitrogen and oxygen atoms in total. The van der Waals surface area contributed by atoms with Crippen molar-refractivity contribution in [1.82, 2.24) is 4.98 Å². The number of hydrogen-bond donors (Lipinski definition) is 1. The van der Waals surface area contributed by atoms with Crippen LogP contribution in [0.15, 0.2) is 42.5 Å². The summed E-state index contributed by atoms with van der Waals surface area (Å²) >= 11 is 13.6. The van der Waals surface area contributed by atoms with Gasteiger partial charge in [0, 0.05) is 0 Å². The van der Waals surface area contributed by atoms with E-state index in [4.69, 9.17) is 28.9 Å². The highest BCUT2D eigenvalue weighted by atomic mass is 35.5. The monoisotopic (exact) mass is 322 g/mol. The van der Waals surface area contributed by atoms with Crippen molar-refractivity contribution < 1.29 is 0 Å². The standard InChI is InChI=1S/C15H12Cl2N2S/c16-10-6-5-9(7-11(10)17)8-12(18)15-19-13-3-1-2-4-14(13)20-15/h1-7,12H,8,18H2. The molecule has 0 aliphatic heterocycles. The summed E-state index contributed by atoms with van der Waals surface area (Å²) in [6.07, 6.45) is 0.691. The molecule has 0 aliphatic rings. The van der Waals surface area contributed by atoms with E-state index in [1.165, 1.54) is 0 Å². The van der Waals surface area contributed by atoms with Crippen molar-refractivity contribution in [3.8, 4) is 0 Å². The Hall–Kier alpha value is -1.13. The van der Waals surface area contributed by atoms with E-state index in [1.54, 1.807) is 17.4 Å². The number of halogens is 2. The molecule has 1 aromatic heterocycles. The van der Waals surface area contributed by atoms with Crippen LogP contribution in [0.1, 0.15) is 16.6 Å². The molecule has 0 bridgehead atoms. The Kier molecular flexibility index (Phi) is 3.94. The predicted molar refractivity (Wildman–Crippen MR) is 86.7 cm³/mol. The summed E-state index contributed by atoms with van der Waals surface area (Å²) in [4.78, 5) is 4.58. The fourth-order valence-electron chi connectivity index (χ4n) is 2.06. The number of rotatable bonds is 3. The Labute approximate surface area is 131 Å². The first-order valence-corrected chi connectivity index (χ1v) is 7.76. The maximum Gasteiger partial charge on any atom is 0.111 e. The molecule has 20 heavy (non-hydrogen) atoms. The SMILES string of the molecule is NC(Cc1ccc(Cl)c(Cl)c1)c1nc2ccccc2s1. The molecule has 102 valence electrons. The van der Waals surface area contributed by atoms with Crippen molar-refractivity contribution in [1.29, 1.82) is 0 Å². The van der Waals surface area contributed by atoms with Gasteiger partial charge in [0.2, 0.25) is 0 Å². The average Bonchev–Trinajstić information content (AvgIpc) is 2.87. The smallest absolute Gasteiger partial charge is 0.111 e. The summed E-state index contributed by atoms with van der Waals surface area (Å²) < 4.78 is 1.16. The quantitative estimate of drug-likeness (QED) is 0.748. The van der Waals surface area contributed by atoms with Crippen molar-refractivity contribution in [3.63, 3.8) is 0 Å². The van der Waals surface area contributed by atoms with E-state index in [0.29, 0.717) is 16.5 Å². The van der Waals surface area contributed by atoms with Crippen LogP contribution in [-0.4, -0.2) is 4.98 Å². The predicted octanol–water partition coefficient (Wildman–Crippen LogP) is 4.85. The fourth-order valence-corrected chi connectivity index (χ4v) is 3.35. The van der Waals surface area contributed by atoms with Gasteiger partial charge in [-0.05, 0) is 36.2 Å². The molecule has 0 radical (unpaired) electrons. The van der Waals surface area contributed by atoms with Gasteiger partial charge in [0.05, 0.1) is 26.3 Å². The van der Waals surface area contributed by atoms with Crippen LogP contribution in [0.25, 0.3) is 10.2 Å². The van der Waals surface area contributed by atoms with E-state index in [9.17, 15) is 0 Å². The lowest BCUT2D eigenvalue weighted by atomic mass is 10.1. The van der Waals surface area contributed by atoms with Gasteiger partial charge in [-0.3, -0.25) is 0 Å². The molecule has 0 saturated heterocycles. The number of benzene rings is 2. The summed E-state index contributed by atoms with van der Waals surface area (Å²) in [6.45, 7) is 0. The Morgan fingerprint density at radius 1 is 1.10 bits per heavy atom. The lowest BCUT2D eigenvalue weighted by molar-refractivity contribution is 0.717. The lowest BCUT2D eigenvalue weighted by Gasteiger charge is -2.09. The van der Waals surface area contributed by atoms with Gasteiger partial charge in [-0.25, -0.2) is 4.98 Å². The first-order chi connectivity index (χ1) is 9.63. The van der Waals surface area contributed by atoms with Gasteiger partial charge >= 0.3 is 0 Å². The Balaban J connectivity index is 1.84. The van der Waals surface area contributed by atoms with Gasteiger partial charge < -0.3 is 5.73 Å². The number of para-hydroxylation sites is 1. The van der Waals surface area contributed by atoms with Crippen LogP contribution in [0.3, 0.4) is 0 Å². The van der Waals surface area contributed by atoms with E-state index >= 15 is 0 Å². The van der Waals surface area contributed by atoms with E-state index in [0.717, 1.165) is 20.8 Å². The minimum absolute atomic E-state index is 0.135. The van der Waals surface area contributed by atoms with Gasteiger partial charge in [-0.2, -0.15) is 0 Å². The van der Waals surface area contributed by atoms with Crippen LogP contribution in [0, 0.1) is 0 Å².